The first-order chi connectivity index (χ1) is 14.6. The molecule has 30 heavy (non-hydrogen) atoms. The summed E-state index contributed by atoms with van der Waals surface area (Å²) in [5.74, 6) is 0.651. The van der Waals surface area contributed by atoms with Crippen LogP contribution < -0.4 is 14.8 Å². The van der Waals surface area contributed by atoms with Crippen molar-refractivity contribution in [2.45, 2.75) is 18.3 Å². The number of fused-ring (bicyclic) bond motifs is 1. The zero-order chi connectivity index (χ0) is 20.7. The maximum atomic E-state index is 13.0. The highest BCUT2D eigenvalue weighted by molar-refractivity contribution is 6.01. The van der Waals surface area contributed by atoms with Gasteiger partial charge in [0, 0.05) is 11.8 Å². The summed E-state index contributed by atoms with van der Waals surface area (Å²) in [6.45, 7) is 0.194. The summed E-state index contributed by atoms with van der Waals surface area (Å²) < 4.78 is 10.8. The lowest BCUT2D eigenvalue weighted by Gasteiger charge is -2.16. The molecule has 2 aliphatic rings. The molecule has 1 aliphatic heterocycles. The maximum Gasteiger partial charge on any atom is 0.336 e. The number of carboxylic acids is 1. The number of anilines is 1. The summed E-state index contributed by atoms with van der Waals surface area (Å²) in [6.07, 6.45) is 3.07. The first kappa shape index (κ1) is 18.2. The van der Waals surface area contributed by atoms with Crippen LogP contribution in [0.5, 0.6) is 11.5 Å². The minimum absolute atomic E-state index is 0.118. The molecule has 2 N–H and O–H groups in total. The number of hydrogen-bond donors (Lipinski definition) is 2. The molecular weight excluding hydrogens is 384 g/mol. The fourth-order valence-electron chi connectivity index (χ4n) is 3.75. The van der Waals surface area contributed by atoms with Crippen LogP contribution in [-0.4, -0.2) is 28.8 Å². The van der Waals surface area contributed by atoms with Crippen molar-refractivity contribution >= 4 is 17.7 Å². The predicted octanol–water partition coefficient (Wildman–Crippen LogP) is 3.85. The van der Waals surface area contributed by atoms with Crippen LogP contribution in [-0.2, 0) is 10.2 Å². The number of nitrogens with one attached hydrogen (secondary N) is 1. The molecule has 0 atom stereocenters. The Morgan fingerprint density at radius 1 is 1.00 bits per heavy atom. The van der Waals surface area contributed by atoms with E-state index in [1.807, 2.05) is 18.2 Å². The molecule has 0 bridgehead atoms. The van der Waals surface area contributed by atoms with Gasteiger partial charge in [-0.25, -0.2) is 9.78 Å². The number of aromatic nitrogens is 1. The molecule has 1 aromatic heterocycles. The van der Waals surface area contributed by atoms with E-state index in [1.165, 1.54) is 0 Å². The molecule has 1 aliphatic carbocycles. The van der Waals surface area contributed by atoms with E-state index in [0.717, 1.165) is 18.4 Å². The van der Waals surface area contributed by atoms with Gasteiger partial charge in [-0.2, -0.15) is 0 Å². The summed E-state index contributed by atoms with van der Waals surface area (Å²) >= 11 is 0. The molecule has 1 amide bonds. The van der Waals surface area contributed by atoms with Crippen molar-refractivity contribution in [3.63, 3.8) is 0 Å². The number of benzene rings is 2. The van der Waals surface area contributed by atoms with Gasteiger partial charge in [-0.15, -0.1) is 0 Å². The molecular formula is C23H18N2O5. The molecule has 2 aromatic carbocycles. The molecule has 3 aromatic rings. The van der Waals surface area contributed by atoms with E-state index in [-0.39, 0.29) is 18.3 Å². The normalized spacial score (nSPS) is 15.5. The summed E-state index contributed by atoms with van der Waals surface area (Å²) in [6, 6.07) is 15.8. The van der Waals surface area contributed by atoms with Crippen molar-refractivity contribution in [1.82, 2.24) is 4.98 Å². The second-order valence-corrected chi connectivity index (χ2v) is 7.39. The Bertz CT molecular complexity index is 1150. The number of amides is 1. The van der Waals surface area contributed by atoms with Gasteiger partial charge in [-0.1, -0.05) is 24.3 Å². The Kier molecular flexibility index (Phi) is 4.17. The molecule has 7 nitrogen and oxygen atoms in total. The molecule has 0 radical (unpaired) electrons. The van der Waals surface area contributed by atoms with E-state index in [1.54, 1.807) is 42.6 Å². The van der Waals surface area contributed by atoms with Gasteiger partial charge in [-0.05, 0) is 54.3 Å². The number of carbonyl (C=O) groups excluding carboxylic acids is 1. The minimum Gasteiger partial charge on any atom is -0.478 e. The van der Waals surface area contributed by atoms with Crippen molar-refractivity contribution in [1.29, 1.82) is 0 Å². The Morgan fingerprint density at radius 3 is 2.53 bits per heavy atom. The third-order valence-electron chi connectivity index (χ3n) is 5.58. The monoisotopic (exact) mass is 402 g/mol. The fraction of sp³-hybridized carbons (Fsp3) is 0.174. The van der Waals surface area contributed by atoms with Crippen LogP contribution in [0, 0.1) is 0 Å². The topological polar surface area (TPSA) is 97.8 Å². The molecule has 1 fully saturated rings. The molecule has 2 heterocycles. The first-order valence-electron chi connectivity index (χ1n) is 9.57. The number of hydrogen-bond acceptors (Lipinski definition) is 5. The lowest BCUT2D eigenvalue weighted by atomic mass is 9.94. The maximum absolute atomic E-state index is 13.0. The zero-order valence-electron chi connectivity index (χ0n) is 15.9. The Balaban J connectivity index is 1.35. The third-order valence-corrected chi connectivity index (χ3v) is 5.58. The highest BCUT2D eigenvalue weighted by atomic mass is 16.7. The van der Waals surface area contributed by atoms with Gasteiger partial charge in [-0.3, -0.25) is 4.79 Å². The van der Waals surface area contributed by atoms with Crippen LogP contribution in [0.1, 0.15) is 28.8 Å². The van der Waals surface area contributed by atoms with Crippen molar-refractivity contribution in [2.75, 3.05) is 12.1 Å². The summed E-state index contributed by atoms with van der Waals surface area (Å²) in [5, 5.41) is 12.3. The molecule has 150 valence electrons. The van der Waals surface area contributed by atoms with Gasteiger partial charge in [0.15, 0.2) is 11.5 Å². The van der Waals surface area contributed by atoms with Crippen LogP contribution in [0.15, 0.2) is 60.8 Å². The van der Waals surface area contributed by atoms with E-state index < -0.39 is 11.4 Å². The quantitative estimate of drug-likeness (QED) is 0.673. The van der Waals surface area contributed by atoms with E-state index in [2.05, 4.69) is 10.3 Å². The number of carbonyl (C=O) groups is 2. The lowest BCUT2D eigenvalue weighted by molar-refractivity contribution is -0.118. The van der Waals surface area contributed by atoms with Crippen LogP contribution in [0.2, 0.25) is 0 Å². The Labute approximate surface area is 172 Å². The van der Waals surface area contributed by atoms with Crippen LogP contribution >= 0.6 is 0 Å². The van der Waals surface area contributed by atoms with Crippen molar-refractivity contribution < 1.29 is 24.2 Å². The number of rotatable bonds is 5. The minimum atomic E-state index is -0.998. The van der Waals surface area contributed by atoms with E-state index in [4.69, 9.17) is 9.47 Å². The molecule has 0 unspecified atom stereocenters. The zero-order valence-corrected chi connectivity index (χ0v) is 15.9. The predicted molar refractivity (Wildman–Crippen MR) is 109 cm³/mol. The first-order valence-corrected chi connectivity index (χ1v) is 9.57. The van der Waals surface area contributed by atoms with Gasteiger partial charge in [0.2, 0.25) is 12.7 Å². The number of carboxylic acid groups (broad SMARTS) is 1. The van der Waals surface area contributed by atoms with Gasteiger partial charge < -0.3 is 19.9 Å². The fourth-order valence-corrected chi connectivity index (χ4v) is 3.75. The van der Waals surface area contributed by atoms with Gasteiger partial charge in [0.1, 0.15) is 5.82 Å². The third kappa shape index (κ3) is 3.04. The van der Waals surface area contributed by atoms with Crippen molar-refractivity contribution in [3.8, 4) is 22.6 Å². The van der Waals surface area contributed by atoms with Crippen LogP contribution in [0.4, 0.5) is 5.82 Å². The van der Waals surface area contributed by atoms with Gasteiger partial charge in [0.25, 0.3) is 0 Å². The molecule has 0 saturated heterocycles. The molecule has 7 heteroatoms. The van der Waals surface area contributed by atoms with Crippen LogP contribution in [0.3, 0.4) is 0 Å². The van der Waals surface area contributed by atoms with Crippen molar-refractivity contribution in [3.05, 3.63) is 71.9 Å². The SMILES string of the molecule is O=C(O)c1ccccc1-c1ccc(NC(=O)C2(c3ccc4c(c3)OCO4)CC2)nc1. The second-order valence-electron chi connectivity index (χ2n) is 7.39. The lowest BCUT2D eigenvalue weighted by Crippen LogP contribution is -2.28. The average molecular weight is 402 g/mol. The number of nitrogens with zero attached hydrogens (tertiary/aromatic N) is 1. The number of ether oxygens (including phenoxy) is 2. The summed E-state index contributed by atoms with van der Waals surface area (Å²) in [4.78, 5) is 28.7. The van der Waals surface area contributed by atoms with E-state index in [9.17, 15) is 14.7 Å². The van der Waals surface area contributed by atoms with Gasteiger partial charge in [0.05, 0.1) is 11.0 Å². The van der Waals surface area contributed by atoms with Gasteiger partial charge >= 0.3 is 5.97 Å². The Hall–Kier alpha value is -3.87. The Morgan fingerprint density at radius 2 is 1.80 bits per heavy atom. The van der Waals surface area contributed by atoms with E-state index in [0.29, 0.717) is 28.4 Å². The highest BCUT2D eigenvalue weighted by Crippen LogP contribution is 2.51. The smallest absolute Gasteiger partial charge is 0.336 e. The number of aromatic carboxylic acids is 1. The summed E-state index contributed by atoms with van der Waals surface area (Å²) in [7, 11) is 0. The highest BCUT2D eigenvalue weighted by Gasteiger charge is 2.51. The molecule has 0 spiro atoms. The average Bonchev–Trinajstić information content (AvgIpc) is 3.45. The molecule has 5 rings (SSSR count). The molecule has 1 saturated carbocycles. The standard InChI is InChI=1S/C23H18N2O5/c26-21(27)17-4-2-1-3-16(17)14-5-8-20(24-12-14)25-22(28)23(9-10-23)15-6-7-18-19(11-15)30-13-29-18/h1-8,11-12H,9-10,13H2,(H,26,27)(H,24,25,28). The number of pyridine rings is 1. The van der Waals surface area contributed by atoms with E-state index >= 15 is 0 Å². The van der Waals surface area contributed by atoms with Crippen molar-refractivity contribution in [2.24, 2.45) is 0 Å². The second kappa shape index (κ2) is 6.88. The summed E-state index contributed by atoms with van der Waals surface area (Å²) in [5.41, 5.74) is 1.77. The van der Waals surface area contributed by atoms with Crippen LogP contribution in [0.25, 0.3) is 11.1 Å². The largest absolute Gasteiger partial charge is 0.478 e.